The van der Waals surface area contributed by atoms with E-state index in [9.17, 15) is 0 Å². The predicted octanol–water partition coefficient (Wildman–Crippen LogP) is 1.43. The molecule has 0 aromatic heterocycles. The van der Waals surface area contributed by atoms with Gasteiger partial charge in [-0.3, -0.25) is 5.32 Å². The number of nitrogens with zero attached hydrogens (tertiary/aromatic N) is 3. The van der Waals surface area contributed by atoms with Gasteiger partial charge in [-0.2, -0.15) is 0 Å². The monoisotopic (exact) mass is 273 g/mol. The minimum absolute atomic E-state index is 0.0368. The van der Waals surface area contributed by atoms with Crippen molar-refractivity contribution in [2.75, 3.05) is 20.6 Å². The summed E-state index contributed by atoms with van der Waals surface area (Å²) in [5, 5.41) is 6.54. The highest BCUT2D eigenvalue weighted by molar-refractivity contribution is 5.99. The Morgan fingerprint density at radius 2 is 1.95 bits per heavy atom. The molecule has 1 aromatic carbocycles. The van der Waals surface area contributed by atoms with E-state index in [0.717, 1.165) is 31.3 Å². The van der Waals surface area contributed by atoms with Crippen LogP contribution < -0.4 is 10.6 Å². The average Bonchev–Trinajstić information content (AvgIpc) is 2.44. The molecule has 5 nitrogen and oxygen atoms in total. The van der Waals surface area contributed by atoms with E-state index in [0.29, 0.717) is 0 Å². The molecule has 1 atom stereocenters. The number of benzene rings is 1. The van der Waals surface area contributed by atoms with Crippen molar-refractivity contribution in [2.45, 2.75) is 25.9 Å². The zero-order valence-corrected chi connectivity index (χ0v) is 12.4. The molecule has 1 aliphatic rings. The quantitative estimate of drug-likeness (QED) is 0.816. The fraction of sp³-hybridized carbons (Fsp3) is 0.467. The molecule has 0 amide bonds. The van der Waals surface area contributed by atoms with Crippen molar-refractivity contribution in [1.29, 1.82) is 0 Å². The van der Waals surface area contributed by atoms with Crippen LogP contribution in [0.2, 0.25) is 0 Å². The summed E-state index contributed by atoms with van der Waals surface area (Å²) < 4.78 is 0. The molecule has 2 rings (SSSR count). The Labute approximate surface area is 120 Å². The van der Waals surface area contributed by atoms with Gasteiger partial charge >= 0.3 is 0 Å². The predicted molar refractivity (Wildman–Crippen MR) is 83.9 cm³/mol. The first-order chi connectivity index (χ1) is 9.65. The maximum atomic E-state index is 4.44. The van der Waals surface area contributed by atoms with Crippen molar-refractivity contribution < 1.29 is 0 Å². The van der Waals surface area contributed by atoms with Crippen LogP contribution in [-0.2, 0) is 6.42 Å². The van der Waals surface area contributed by atoms with Crippen LogP contribution in [0.3, 0.4) is 0 Å². The van der Waals surface area contributed by atoms with Crippen LogP contribution in [0.5, 0.6) is 0 Å². The molecule has 20 heavy (non-hydrogen) atoms. The molecule has 0 bridgehead atoms. The van der Waals surface area contributed by atoms with Crippen molar-refractivity contribution >= 4 is 11.9 Å². The molecular weight excluding hydrogens is 250 g/mol. The highest BCUT2D eigenvalue weighted by Crippen LogP contribution is 2.02. The standard InChI is InChI=1S/C15H23N5/c1-12-17-14(19-15(18-12)20(2)3)16-11-7-10-13-8-5-4-6-9-13/h4-6,8-9,12H,7,10-11H2,1-3H3,(H2,16,17,18,19). The molecule has 1 heterocycles. The number of rotatable bonds is 4. The van der Waals surface area contributed by atoms with Crippen molar-refractivity contribution in [3.8, 4) is 0 Å². The second-order valence-corrected chi connectivity index (χ2v) is 5.10. The number of guanidine groups is 2. The fourth-order valence-corrected chi connectivity index (χ4v) is 2.02. The molecule has 1 aromatic rings. The molecule has 1 aliphatic heterocycles. The Morgan fingerprint density at radius 3 is 2.65 bits per heavy atom. The van der Waals surface area contributed by atoms with Gasteiger partial charge in [0.15, 0.2) is 5.96 Å². The van der Waals surface area contributed by atoms with Gasteiger partial charge in [-0.15, -0.1) is 0 Å². The van der Waals surface area contributed by atoms with Gasteiger partial charge in [0.05, 0.1) is 0 Å². The SMILES string of the molecule is CC1N=C(NCCCc2ccccc2)NC(N(C)C)=N1. The summed E-state index contributed by atoms with van der Waals surface area (Å²) in [5.74, 6) is 1.65. The van der Waals surface area contributed by atoms with Crippen molar-refractivity contribution in [1.82, 2.24) is 15.5 Å². The van der Waals surface area contributed by atoms with Crippen LogP contribution in [0.4, 0.5) is 0 Å². The van der Waals surface area contributed by atoms with Crippen LogP contribution in [0.15, 0.2) is 40.3 Å². The summed E-state index contributed by atoms with van der Waals surface area (Å²) in [6, 6.07) is 10.5. The Bertz CT molecular complexity index is 478. The first-order valence-corrected chi connectivity index (χ1v) is 7.03. The zero-order chi connectivity index (χ0) is 14.4. The molecule has 0 radical (unpaired) electrons. The molecular formula is C15H23N5. The van der Waals surface area contributed by atoms with E-state index in [2.05, 4.69) is 44.9 Å². The molecule has 108 valence electrons. The number of hydrogen-bond donors (Lipinski definition) is 2. The molecule has 0 spiro atoms. The molecule has 0 aliphatic carbocycles. The van der Waals surface area contributed by atoms with E-state index >= 15 is 0 Å². The first kappa shape index (κ1) is 14.4. The first-order valence-electron chi connectivity index (χ1n) is 7.03. The van der Waals surface area contributed by atoms with Gasteiger partial charge < -0.3 is 10.2 Å². The van der Waals surface area contributed by atoms with Gasteiger partial charge in [0.2, 0.25) is 5.96 Å². The largest absolute Gasteiger partial charge is 0.356 e. The van der Waals surface area contributed by atoms with Crippen molar-refractivity contribution in [3.63, 3.8) is 0 Å². The van der Waals surface area contributed by atoms with Crippen LogP contribution in [-0.4, -0.2) is 43.6 Å². The molecule has 0 fully saturated rings. The second kappa shape index (κ2) is 6.93. The third-order valence-corrected chi connectivity index (χ3v) is 3.06. The lowest BCUT2D eigenvalue weighted by molar-refractivity contribution is 0.577. The number of aliphatic imine (C=N–C) groups is 2. The van der Waals surface area contributed by atoms with Crippen molar-refractivity contribution in [2.24, 2.45) is 9.98 Å². The van der Waals surface area contributed by atoms with E-state index in [1.807, 2.05) is 32.0 Å². The summed E-state index contributed by atoms with van der Waals surface area (Å²) in [6.45, 7) is 2.88. The number of hydrogen-bond acceptors (Lipinski definition) is 5. The maximum absolute atomic E-state index is 4.44. The summed E-state index contributed by atoms with van der Waals surface area (Å²) in [7, 11) is 3.94. The van der Waals surface area contributed by atoms with E-state index in [1.54, 1.807) is 0 Å². The second-order valence-electron chi connectivity index (χ2n) is 5.10. The molecule has 5 heteroatoms. The number of aryl methyl sites for hydroxylation is 1. The van der Waals surface area contributed by atoms with Gasteiger partial charge in [-0.25, -0.2) is 9.98 Å². The van der Waals surface area contributed by atoms with Crippen LogP contribution in [0, 0.1) is 0 Å². The highest BCUT2D eigenvalue weighted by atomic mass is 15.4. The number of nitrogens with one attached hydrogen (secondary N) is 2. The highest BCUT2D eigenvalue weighted by Gasteiger charge is 2.13. The fourth-order valence-electron chi connectivity index (χ4n) is 2.02. The van der Waals surface area contributed by atoms with E-state index < -0.39 is 0 Å². The third-order valence-electron chi connectivity index (χ3n) is 3.06. The Hall–Kier alpha value is -2.04. The van der Waals surface area contributed by atoms with Crippen LogP contribution in [0.1, 0.15) is 18.9 Å². The van der Waals surface area contributed by atoms with Gasteiger partial charge in [0.25, 0.3) is 0 Å². The van der Waals surface area contributed by atoms with E-state index in [-0.39, 0.29) is 6.17 Å². The molecule has 0 saturated carbocycles. The zero-order valence-electron chi connectivity index (χ0n) is 12.4. The van der Waals surface area contributed by atoms with Gasteiger partial charge in [-0.05, 0) is 25.3 Å². The van der Waals surface area contributed by atoms with Crippen LogP contribution in [0.25, 0.3) is 0 Å². The lowest BCUT2D eigenvalue weighted by Gasteiger charge is -2.24. The smallest absolute Gasteiger partial charge is 0.202 e. The van der Waals surface area contributed by atoms with Gasteiger partial charge in [0.1, 0.15) is 6.17 Å². The average molecular weight is 273 g/mol. The summed E-state index contributed by atoms with van der Waals surface area (Å²) in [4.78, 5) is 10.8. The van der Waals surface area contributed by atoms with E-state index in [4.69, 9.17) is 0 Å². The Morgan fingerprint density at radius 1 is 1.20 bits per heavy atom. The maximum Gasteiger partial charge on any atom is 0.202 e. The minimum atomic E-state index is -0.0368. The summed E-state index contributed by atoms with van der Waals surface area (Å²) >= 11 is 0. The van der Waals surface area contributed by atoms with Crippen LogP contribution >= 0.6 is 0 Å². The van der Waals surface area contributed by atoms with Gasteiger partial charge in [-0.1, -0.05) is 30.3 Å². The summed E-state index contributed by atoms with van der Waals surface area (Å²) in [6.07, 6.45) is 2.11. The Balaban J connectivity index is 1.74. The third kappa shape index (κ3) is 4.26. The lowest BCUT2D eigenvalue weighted by atomic mass is 10.1. The molecule has 0 saturated heterocycles. The van der Waals surface area contributed by atoms with Gasteiger partial charge in [0, 0.05) is 20.6 Å². The molecule has 2 N–H and O–H groups in total. The van der Waals surface area contributed by atoms with Crippen molar-refractivity contribution in [3.05, 3.63) is 35.9 Å². The minimum Gasteiger partial charge on any atom is -0.356 e. The normalized spacial score (nSPS) is 17.9. The lowest BCUT2D eigenvalue weighted by Crippen LogP contribution is -2.49. The molecule has 1 unspecified atom stereocenters. The topological polar surface area (TPSA) is 52.0 Å². The summed E-state index contributed by atoms with van der Waals surface area (Å²) in [5.41, 5.74) is 1.37. The van der Waals surface area contributed by atoms with E-state index in [1.165, 1.54) is 5.56 Å². The Kier molecular flexibility index (Phi) is 4.98.